The Kier molecular flexibility index (Phi) is 1.63. The highest BCUT2D eigenvalue weighted by Crippen LogP contribution is 2.13. The number of rotatable bonds is 2. The van der Waals surface area contributed by atoms with Crippen LogP contribution < -0.4 is 0 Å². The fourth-order valence-electron chi connectivity index (χ4n) is 1.02. The number of thiazole rings is 1. The van der Waals surface area contributed by atoms with Gasteiger partial charge in [-0.1, -0.05) is 0 Å². The SMILES string of the molecule is COCc1ncc2sccn12. The molecule has 0 bridgehead atoms. The summed E-state index contributed by atoms with van der Waals surface area (Å²) < 4.78 is 7.02. The van der Waals surface area contributed by atoms with Crippen molar-refractivity contribution in [3.63, 3.8) is 0 Å². The van der Waals surface area contributed by atoms with Gasteiger partial charge in [0.1, 0.15) is 17.3 Å². The summed E-state index contributed by atoms with van der Waals surface area (Å²) in [6.45, 7) is 0.574. The average molecular weight is 168 g/mol. The molecule has 2 rings (SSSR count). The average Bonchev–Trinajstić information content (AvgIpc) is 2.53. The van der Waals surface area contributed by atoms with Gasteiger partial charge in [-0.05, 0) is 0 Å². The van der Waals surface area contributed by atoms with Gasteiger partial charge >= 0.3 is 0 Å². The molecule has 0 aliphatic heterocycles. The fourth-order valence-corrected chi connectivity index (χ4v) is 1.74. The van der Waals surface area contributed by atoms with E-state index in [1.54, 1.807) is 18.4 Å². The molecule has 0 saturated carbocycles. The van der Waals surface area contributed by atoms with Crippen molar-refractivity contribution in [1.82, 2.24) is 9.38 Å². The topological polar surface area (TPSA) is 26.5 Å². The molecule has 2 aromatic heterocycles. The number of fused-ring (bicyclic) bond motifs is 1. The van der Waals surface area contributed by atoms with Crippen LogP contribution in [0.4, 0.5) is 0 Å². The molecular formula is C7H8N2OS. The predicted molar refractivity (Wildman–Crippen MR) is 43.8 cm³/mol. The van der Waals surface area contributed by atoms with E-state index in [9.17, 15) is 0 Å². The Morgan fingerprint density at radius 1 is 1.73 bits per heavy atom. The summed E-state index contributed by atoms with van der Waals surface area (Å²) in [6, 6.07) is 0. The zero-order chi connectivity index (χ0) is 7.68. The number of methoxy groups -OCH3 is 1. The van der Waals surface area contributed by atoms with Gasteiger partial charge in [0.05, 0.1) is 6.20 Å². The molecule has 0 aliphatic carbocycles. The molecule has 0 unspecified atom stereocenters. The molecule has 11 heavy (non-hydrogen) atoms. The van der Waals surface area contributed by atoms with Crippen LogP contribution in [0.5, 0.6) is 0 Å². The van der Waals surface area contributed by atoms with Crippen LogP contribution in [0.25, 0.3) is 4.83 Å². The Bertz CT molecular complexity index is 352. The van der Waals surface area contributed by atoms with Crippen molar-refractivity contribution in [3.05, 3.63) is 23.6 Å². The van der Waals surface area contributed by atoms with Crippen molar-refractivity contribution >= 4 is 16.2 Å². The minimum Gasteiger partial charge on any atom is -0.377 e. The van der Waals surface area contributed by atoms with Crippen molar-refractivity contribution in [2.45, 2.75) is 6.61 Å². The molecule has 2 aromatic rings. The number of hydrogen-bond acceptors (Lipinski definition) is 3. The summed E-state index contributed by atoms with van der Waals surface area (Å²) in [5.41, 5.74) is 0. The number of ether oxygens (including phenoxy) is 1. The lowest BCUT2D eigenvalue weighted by Crippen LogP contribution is -1.93. The second kappa shape index (κ2) is 2.64. The summed E-state index contributed by atoms with van der Waals surface area (Å²) >= 11 is 1.68. The highest BCUT2D eigenvalue weighted by atomic mass is 32.1. The maximum atomic E-state index is 4.99. The summed E-state index contributed by atoms with van der Waals surface area (Å²) in [5.74, 6) is 0.962. The monoisotopic (exact) mass is 168 g/mol. The highest BCUT2D eigenvalue weighted by molar-refractivity contribution is 7.15. The number of nitrogens with zero attached hydrogens (tertiary/aromatic N) is 2. The molecule has 58 valence electrons. The first-order valence-electron chi connectivity index (χ1n) is 3.30. The molecule has 0 N–H and O–H groups in total. The van der Waals surface area contributed by atoms with E-state index in [0.29, 0.717) is 6.61 Å². The molecule has 4 heteroatoms. The number of aromatic nitrogens is 2. The van der Waals surface area contributed by atoms with E-state index in [1.807, 2.05) is 22.2 Å². The van der Waals surface area contributed by atoms with Gasteiger partial charge in [-0.15, -0.1) is 11.3 Å². The van der Waals surface area contributed by atoms with Gasteiger partial charge in [0.15, 0.2) is 0 Å². The smallest absolute Gasteiger partial charge is 0.139 e. The first-order chi connectivity index (χ1) is 5.42. The Morgan fingerprint density at radius 2 is 2.64 bits per heavy atom. The minimum absolute atomic E-state index is 0.574. The molecule has 0 amide bonds. The van der Waals surface area contributed by atoms with E-state index in [0.717, 1.165) is 10.7 Å². The predicted octanol–water partition coefficient (Wildman–Crippen LogP) is 1.54. The van der Waals surface area contributed by atoms with Gasteiger partial charge < -0.3 is 4.74 Å². The number of imidazole rings is 1. The van der Waals surface area contributed by atoms with Gasteiger partial charge in [0, 0.05) is 18.7 Å². The van der Waals surface area contributed by atoms with Crippen LogP contribution in [0, 0.1) is 0 Å². The molecule has 0 aromatic carbocycles. The van der Waals surface area contributed by atoms with Crippen molar-refractivity contribution in [3.8, 4) is 0 Å². The molecule has 0 radical (unpaired) electrons. The summed E-state index contributed by atoms with van der Waals surface area (Å²) in [6.07, 6.45) is 3.86. The maximum absolute atomic E-state index is 4.99. The lowest BCUT2D eigenvalue weighted by Gasteiger charge is -1.93. The van der Waals surface area contributed by atoms with Crippen LogP contribution >= 0.6 is 11.3 Å². The lowest BCUT2D eigenvalue weighted by atomic mass is 10.6. The van der Waals surface area contributed by atoms with E-state index >= 15 is 0 Å². The molecule has 3 nitrogen and oxygen atoms in total. The molecule has 0 atom stereocenters. The standard InChI is InChI=1S/C7H8N2OS/c1-10-5-6-8-4-7-9(6)2-3-11-7/h2-4H,5H2,1H3. The molecule has 0 spiro atoms. The minimum atomic E-state index is 0.574. The normalized spacial score (nSPS) is 11.0. The molecule has 0 fully saturated rings. The first-order valence-corrected chi connectivity index (χ1v) is 4.18. The highest BCUT2D eigenvalue weighted by Gasteiger charge is 2.01. The third-order valence-corrected chi connectivity index (χ3v) is 2.31. The summed E-state index contributed by atoms with van der Waals surface area (Å²) in [4.78, 5) is 5.36. The lowest BCUT2D eigenvalue weighted by molar-refractivity contribution is 0.177. The van der Waals surface area contributed by atoms with Crippen LogP contribution in [0.1, 0.15) is 5.82 Å². The van der Waals surface area contributed by atoms with Crippen molar-refractivity contribution in [1.29, 1.82) is 0 Å². The largest absolute Gasteiger partial charge is 0.377 e. The fraction of sp³-hybridized carbons (Fsp3) is 0.286. The Hall–Kier alpha value is -0.870. The third kappa shape index (κ3) is 1.04. The zero-order valence-corrected chi connectivity index (χ0v) is 6.97. The number of hydrogen-bond donors (Lipinski definition) is 0. The van der Waals surface area contributed by atoms with Crippen molar-refractivity contribution in [2.75, 3.05) is 7.11 Å². The summed E-state index contributed by atoms with van der Waals surface area (Å²) in [7, 11) is 1.67. The van der Waals surface area contributed by atoms with Crippen LogP contribution in [-0.4, -0.2) is 16.5 Å². The molecule has 0 saturated heterocycles. The Labute approximate surface area is 68.3 Å². The maximum Gasteiger partial charge on any atom is 0.139 e. The van der Waals surface area contributed by atoms with E-state index < -0.39 is 0 Å². The quantitative estimate of drug-likeness (QED) is 0.680. The van der Waals surface area contributed by atoms with E-state index in [2.05, 4.69) is 4.98 Å². The van der Waals surface area contributed by atoms with Crippen molar-refractivity contribution in [2.24, 2.45) is 0 Å². The van der Waals surface area contributed by atoms with E-state index in [4.69, 9.17) is 4.74 Å². The van der Waals surface area contributed by atoms with Gasteiger partial charge in [-0.25, -0.2) is 4.98 Å². The van der Waals surface area contributed by atoms with Crippen LogP contribution in [-0.2, 0) is 11.3 Å². The Morgan fingerprint density at radius 3 is 3.45 bits per heavy atom. The molecule has 0 aliphatic rings. The first kappa shape index (κ1) is 6.82. The van der Waals surface area contributed by atoms with Gasteiger partial charge in [-0.2, -0.15) is 0 Å². The Balaban J connectivity index is 2.51. The molecular weight excluding hydrogens is 160 g/mol. The van der Waals surface area contributed by atoms with Gasteiger partial charge in [-0.3, -0.25) is 4.40 Å². The molecule has 2 heterocycles. The van der Waals surface area contributed by atoms with Crippen LogP contribution in [0.2, 0.25) is 0 Å². The third-order valence-electron chi connectivity index (χ3n) is 1.51. The second-order valence-electron chi connectivity index (χ2n) is 2.22. The summed E-state index contributed by atoms with van der Waals surface area (Å²) in [5, 5.41) is 2.04. The van der Waals surface area contributed by atoms with Crippen LogP contribution in [0.15, 0.2) is 17.8 Å². The zero-order valence-electron chi connectivity index (χ0n) is 6.15. The van der Waals surface area contributed by atoms with E-state index in [-0.39, 0.29) is 0 Å². The van der Waals surface area contributed by atoms with Crippen LogP contribution in [0.3, 0.4) is 0 Å². The van der Waals surface area contributed by atoms with Crippen molar-refractivity contribution < 1.29 is 4.74 Å². The van der Waals surface area contributed by atoms with E-state index in [1.165, 1.54) is 0 Å². The van der Waals surface area contributed by atoms with Gasteiger partial charge in [0.2, 0.25) is 0 Å². The van der Waals surface area contributed by atoms with Gasteiger partial charge in [0.25, 0.3) is 0 Å². The second-order valence-corrected chi connectivity index (χ2v) is 3.14.